The van der Waals surface area contributed by atoms with Crippen LogP contribution >= 0.6 is 11.3 Å². The molecule has 1 aromatic heterocycles. The van der Waals surface area contributed by atoms with Crippen LogP contribution in [0, 0.1) is 5.92 Å². The van der Waals surface area contributed by atoms with Crippen LogP contribution in [0.4, 0.5) is 0 Å². The number of thiophene rings is 1. The predicted octanol–water partition coefficient (Wildman–Crippen LogP) is 2.10. The summed E-state index contributed by atoms with van der Waals surface area (Å²) < 4.78 is 4.89. The second-order valence-electron chi connectivity index (χ2n) is 3.48. The zero-order valence-electron chi connectivity index (χ0n) is 9.03. The first-order valence-electron chi connectivity index (χ1n) is 5.04. The highest BCUT2D eigenvalue weighted by atomic mass is 32.1. The molecule has 1 N–H and O–H groups in total. The van der Waals surface area contributed by atoms with Crippen LogP contribution in [0.3, 0.4) is 0 Å². The average molecular weight is 228 g/mol. The first-order chi connectivity index (χ1) is 7.17. The lowest BCUT2D eigenvalue weighted by Gasteiger charge is -2.03. The van der Waals surface area contributed by atoms with Gasteiger partial charge < -0.3 is 9.84 Å². The maximum atomic E-state index is 11.4. The smallest absolute Gasteiger partial charge is 0.348 e. The summed E-state index contributed by atoms with van der Waals surface area (Å²) in [5, 5.41) is 8.91. The van der Waals surface area contributed by atoms with Crippen molar-refractivity contribution in [2.75, 3.05) is 13.2 Å². The normalized spacial score (nSPS) is 12.5. The summed E-state index contributed by atoms with van der Waals surface area (Å²) in [6.45, 7) is 4.34. The Morgan fingerprint density at radius 1 is 1.60 bits per heavy atom. The zero-order valence-corrected chi connectivity index (χ0v) is 9.84. The monoisotopic (exact) mass is 228 g/mol. The van der Waals surface area contributed by atoms with Gasteiger partial charge in [-0.2, -0.15) is 0 Å². The van der Waals surface area contributed by atoms with Crippen molar-refractivity contribution in [1.29, 1.82) is 0 Å². The van der Waals surface area contributed by atoms with E-state index < -0.39 is 0 Å². The lowest BCUT2D eigenvalue weighted by molar-refractivity contribution is 0.0532. The van der Waals surface area contributed by atoms with Crippen LogP contribution in [0.1, 0.15) is 28.4 Å². The molecule has 1 heterocycles. The third-order valence-corrected chi connectivity index (χ3v) is 3.09. The molecule has 1 aromatic rings. The Bertz CT molecular complexity index is 319. The Morgan fingerprint density at radius 2 is 2.33 bits per heavy atom. The van der Waals surface area contributed by atoms with E-state index in [1.807, 2.05) is 13.0 Å². The van der Waals surface area contributed by atoms with Gasteiger partial charge in [0, 0.05) is 11.5 Å². The maximum Gasteiger partial charge on any atom is 0.348 e. The SMILES string of the molecule is CCOC(=O)c1ccc(CC(C)CO)s1. The Kier molecular flexibility index (Phi) is 4.78. The summed E-state index contributed by atoms with van der Waals surface area (Å²) >= 11 is 1.44. The third-order valence-electron chi connectivity index (χ3n) is 2.00. The molecule has 0 aliphatic carbocycles. The van der Waals surface area contributed by atoms with Gasteiger partial charge >= 0.3 is 5.97 Å². The molecular weight excluding hydrogens is 212 g/mol. The highest BCUT2D eigenvalue weighted by Crippen LogP contribution is 2.20. The van der Waals surface area contributed by atoms with Crippen molar-refractivity contribution in [1.82, 2.24) is 0 Å². The molecule has 1 rings (SSSR count). The van der Waals surface area contributed by atoms with E-state index in [0.29, 0.717) is 11.5 Å². The van der Waals surface area contributed by atoms with Gasteiger partial charge in [-0.1, -0.05) is 6.92 Å². The summed E-state index contributed by atoms with van der Waals surface area (Å²) in [5.74, 6) is -0.0240. The minimum atomic E-state index is -0.259. The molecule has 84 valence electrons. The van der Waals surface area contributed by atoms with Crippen LogP contribution in [0.2, 0.25) is 0 Å². The van der Waals surface area contributed by atoms with Crippen LogP contribution in [0.15, 0.2) is 12.1 Å². The number of carbonyl (C=O) groups excluding carboxylic acids is 1. The number of carbonyl (C=O) groups is 1. The zero-order chi connectivity index (χ0) is 11.3. The summed E-state index contributed by atoms with van der Waals surface area (Å²) in [6, 6.07) is 3.70. The molecule has 0 aromatic carbocycles. The standard InChI is InChI=1S/C11H16O3S/c1-3-14-11(13)10-5-4-9(15-10)6-8(2)7-12/h4-5,8,12H,3,6-7H2,1-2H3. The fourth-order valence-corrected chi connectivity index (χ4v) is 2.27. The molecule has 15 heavy (non-hydrogen) atoms. The van der Waals surface area contributed by atoms with Gasteiger partial charge in [-0.05, 0) is 31.4 Å². The topological polar surface area (TPSA) is 46.5 Å². The third kappa shape index (κ3) is 3.64. The number of aliphatic hydroxyl groups is 1. The van der Waals surface area contributed by atoms with Crippen molar-refractivity contribution in [2.24, 2.45) is 5.92 Å². The molecule has 1 atom stereocenters. The van der Waals surface area contributed by atoms with Gasteiger partial charge in [-0.15, -0.1) is 11.3 Å². The van der Waals surface area contributed by atoms with Crippen LogP contribution in [0.5, 0.6) is 0 Å². The number of aliphatic hydroxyl groups excluding tert-OH is 1. The molecule has 0 saturated heterocycles. The van der Waals surface area contributed by atoms with E-state index >= 15 is 0 Å². The summed E-state index contributed by atoms with van der Waals surface area (Å²) in [6.07, 6.45) is 0.806. The first-order valence-corrected chi connectivity index (χ1v) is 5.85. The summed E-state index contributed by atoms with van der Waals surface area (Å²) in [4.78, 5) is 13.1. The van der Waals surface area contributed by atoms with Gasteiger partial charge in [0.1, 0.15) is 4.88 Å². The van der Waals surface area contributed by atoms with Gasteiger partial charge in [-0.25, -0.2) is 4.79 Å². The lowest BCUT2D eigenvalue weighted by Crippen LogP contribution is -2.03. The Labute approximate surface area is 93.7 Å². The van der Waals surface area contributed by atoms with Gasteiger partial charge in [-0.3, -0.25) is 0 Å². The number of rotatable bonds is 5. The number of hydrogen-bond acceptors (Lipinski definition) is 4. The Hall–Kier alpha value is -0.870. The summed E-state index contributed by atoms with van der Waals surface area (Å²) in [7, 11) is 0. The van der Waals surface area contributed by atoms with E-state index in [1.54, 1.807) is 13.0 Å². The van der Waals surface area contributed by atoms with Gasteiger partial charge in [0.25, 0.3) is 0 Å². The molecule has 0 saturated carbocycles. The Morgan fingerprint density at radius 3 is 2.93 bits per heavy atom. The average Bonchev–Trinajstić information content (AvgIpc) is 2.66. The highest BCUT2D eigenvalue weighted by molar-refractivity contribution is 7.13. The van der Waals surface area contributed by atoms with E-state index in [1.165, 1.54) is 11.3 Å². The van der Waals surface area contributed by atoms with E-state index in [9.17, 15) is 4.79 Å². The van der Waals surface area contributed by atoms with Crippen molar-refractivity contribution in [3.8, 4) is 0 Å². The largest absolute Gasteiger partial charge is 0.462 e. The molecular formula is C11H16O3S. The highest BCUT2D eigenvalue weighted by Gasteiger charge is 2.11. The number of ether oxygens (including phenoxy) is 1. The molecule has 0 amide bonds. The van der Waals surface area contributed by atoms with Crippen molar-refractivity contribution in [3.63, 3.8) is 0 Å². The molecule has 4 heteroatoms. The van der Waals surface area contributed by atoms with Gasteiger partial charge in [0.15, 0.2) is 0 Å². The van der Waals surface area contributed by atoms with E-state index in [0.717, 1.165) is 11.3 Å². The first kappa shape index (κ1) is 12.2. The van der Waals surface area contributed by atoms with Crippen molar-refractivity contribution in [3.05, 3.63) is 21.9 Å². The van der Waals surface area contributed by atoms with Crippen LogP contribution in [0.25, 0.3) is 0 Å². The van der Waals surface area contributed by atoms with Crippen molar-refractivity contribution < 1.29 is 14.6 Å². The number of hydrogen-bond donors (Lipinski definition) is 1. The second-order valence-corrected chi connectivity index (χ2v) is 4.65. The van der Waals surface area contributed by atoms with E-state index in [4.69, 9.17) is 9.84 Å². The molecule has 0 bridgehead atoms. The van der Waals surface area contributed by atoms with Crippen molar-refractivity contribution in [2.45, 2.75) is 20.3 Å². The van der Waals surface area contributed by atoms with Gasteiger partial charge in [0.2, 0.25) is 0 Å². The lowest BCUT2D eigenvalue weighted by atomic mass is 10.1. The second kappa shape index (κ2) is 5.88. The molecule has 3 nitrogen and oxygen atoms in total. The molecule has 0 radical (unpaired) electrons. The Balaban J connectivity index is 2.59. The predicted molar refractivity (Wildman–Crippen MR) is 60.2 cm³/mol. The molecule has 0 fully saturated rings. The van der Waals surface area contributed by atoms with Crippen LogP contribution < -0.4 is 0 Å². The minimum Gasteiger partial charge on any atom is -0.462 e. The fourth-order valence-electron chi connectivity index (χ4n) is 1.21. The maximum absolute atomic E-state index is 11.4. The van der Waals surface area contributed by atoms with Crippen LogP contribution in [-0.4, -0.2) is 24.3 Å². The minimum absolute atomic E-state index is 0.173. The van der Waals surface area contributed by atoms with Gasteiger partial charge in [0.05, 0.1) is 6.61 Å². The molecule has 0 aliphatic rings. The summed E-state index contributed by atoms with van der Waals surface area (Å²) in [5.41, 5.74) is 0. The molecule has 1 unspecified atom stereocenters. The van der Waals surface area contributed by atoms with E-state index in [-0.39, 0.29) is 18.5 Å². The number of esters is 1. The molecule has 0 aliphatic heterocycles. The fraction of sp³-hybridized carbons (Fsp3) is 0.545. The quantitative estimate of drug-likeness (QED) is 0.785. The molecule has 0 spiro atoms. The van der Waals surface area contributed by atoms with Crippen molar-refractivity contribution >= 4 is 17.3 Å². The van der Waals surface area contributed by atoms with Crippen LogP contribution in [-0.2, 0) is 11.2 Å². The van der Waals surface area contributed by atoms with E-state index in [2.05, 4.69) is 0 Å².